The molecular weight excluding hydrogens is 456 g/mol. The Hall–Kier alpha value is -3.24. The molecule has 10 heteroatoms. The number of sulfonamides is 1. The zero-order valence-corrected chi connectivity index (χ0v) is 20.3. The average molecular weight is 487 g/mol. The predicted molar refractivity (Wildman–Crippen MR) is 127 cm³/mol. The third kappa shape index (κ3) is 6.00. The van der Waals surface area contributed by atoms with Crippen molar-refractivity contribution >= 4 is 27.7 Å². The van der Waals surface area contributed by atoms with Gasteiger partial charge in [0.15, 0.2) is 0 Å². The normalized spacial score (nSPS) is 15.1. The van der Waals surface area contributed by atoms with Gasteiger partial charge in [-0.1, -0.05) is 31.5 Å². The lowest BCUT2D eigenvalue weighted by Crippen LogP contribution is -2.54. The van der Waals surface area contributed by atoms with Crippen molar-refractivity contribution in [2.75, 3.05) is 13.1 Å². The molecule has 0 spiro atoms. The van der Waals surface area contributed by atoms with Crippen LogP contribution < -0.4 is 16.2 Å². The first-order valence-electron chi connectivity index (χ1n) is 11.2. The van der Waals surface area contributed by atoms with Gasteiger partial charge >= 0.3 is 0 Å². The van der Waals surface area contributed by atoms with E-state index in [9.17, 15) is 22.8 Å². The number of benzene rings is 2. The number of carbonyl (C=O) groups excluding carboxylic acids is 3. The van der Waals surface area contributed by atoms with Crippen molar-refractivity contribution in [1.29, 1.82) is 0 Å². The number of hydrogen-bond acceptors (Lipinski definition) is 5. The first kappa shape index (κ1) is 25.4. The molecule has 3 N–H and O–H groups in total. The van der Waals surface area contributed by atoms with Crippen molar-refractivity contribution in [3.8, 4) is 0 Å². The van der Waals surface area contributed by atoms with E-state index in [2.05, 4.69) is 16.2 Å². The summed E-state index contributed by atoms with van der Waals surface area (Å²) in [6.45, 7) is 6.42. The Labute approximate surface area is 199 Å². The summed E-state index contributed by atoms with van der Waals surface area (Å²) in [6, 6.07) is 11.7. The second-order valence-corrected chi connectivity index (χ2v) is 10.6. The Morgan fingerprint density at radius 2 is 1.53 bits per heavy atom. The molecule has 0 bridgehead atoms. The summed E-state index contributed by atoms with van der Waals surface area (Å²) in [5.74, 6) is -1.80. The Kier molecular flexibility index (Phi) is 8.06. The van der Waals surface area contributed by atoms with Gasteiger partial charge in [-0.25, -0.2) is 8.42 Å². The van der Waals surface area contributed by atoms with Gasteiger partial charge in [0, 0.05) is 24.2 Å². The molecule has 2 aromatic carbocycles. The molecule has 0 radical (unpaired) electrons. The fourth-order valence-corrected chi connectivity index (χ4v) is 5.19. The van der Waals surface area contributed by atoms with Crippen LogP contribution in [0.4, 0.5) is 0 Å². The summed E-state index contributed by atoms with van der Waals surface area (Å²) >= 11 is 0. The monoisotopic (exact) mass is 486 g/mol. The van der Waals surface area contributed by atoms with Crippen LogP contribution in [0.1, 0.15) is 53.0 Å². The third-order valence-electron chi connectivity index (χ3n) is 5.63. The molecule has 2 aromatic rings. The smallest absolute Gasteiger partial charge is 0.269 e. The molecular formula is C24H30N4O5S. The second-order valence-electron chi connectivity index (χ2n) is 8.64. The van der Waals surface area contributed by atoms with E-state index in [1.807, 2.05) is 13.0 Å². The van der Waals surface area contributed by atoms with Gasteiger partial charge in [0.25, 0.3) is 17.7 Å². The first-order valence-corrected chi connectivity index (χ1v) is 12.6. The molecule has 1 atom stereocenters. The van der Waals surface area contributed by atoms with E-state index in [0.29, 0.717) is 18.7 Å². The zero-order chi connectivity index (χ0) is 24.9. The van der Waals surface area contributed by atoms with E-state index < -0.39 is 33.8 Å². The quantitative estimate of drug-likeness (QED) is 0.516. The molecule has 3 amide bonds. The zero-order valence-electron chi connectivity index (χ0n) is 19.5. The van der Waals surface area contributed by atoms with Crippen LogP contribution in [0.15, 0.2) is 53.4 Å². The van der Waals surface area contributed by atoms with Gasteiger partial charge in [-0.3, -0.25) is 25.2 Å². The summed E-state index contributed by atoms with van der Waals surface area (Å²) in [4.78, 5) is 37.8. The fourth-order valence-electron chi connectivity index (χ4n) is 3.67. The number of hydrazine groups is 1. The molecule has 3 rings (SSSR count). The lowest BCUT2D eigenvalue weighted by molar-refractivity contribution is -0.124. The van der Waals surface area contributed by atoms with E-state index in [1.165, 1.54) is 28.6 Å². The Morgan fingerprint density at radius 3 is 2.12 bits per heavy atom. The van der Waals surface area contributed by atoms with E-state index >= 15 is 0 Å². The molecule has 0 aromatic heterocycles. The molecule has 9 nitrogen and oxygen atoms in total. The van der Waals surface area contributed by atoms with Gasteiger partial charge in [0.05, 0.1) is 4.90 Å². The van der Waals surface area contributed by atoms with E-state index in [-0.39, 0.29) is 16.4 Å². The molecule has 1 unspecified atom stereocenters. The summed E-state index contributed by atoms with van der Waals surface area (Å²) < 4.78 is 26.7. The molecule has 1 saturated heterocycles. The van der Waals surface area contributed by atoms with Gasteiger partial charge in [-0.05, 0) is 62.1 Å². The maximum Gasteiger partial charge on any atom is 0.269 e. The van der Waals surface area contributed by atoms with Crippen molar-refractivity contribution in [3.05, 3.63) is 65.2 Å². The number of rotatable bonds is 7. The van der Waals surface area contributed by atoms with Gasteiger partial charge in [0.1, 0.15) is 6.04 Å². The van der Waals surface area contributed by atoms with Crippen molar-refractivity contribution in [1.82, 2.24) is 20.5 Å². The van der Waals surface area contributed by atoms with Crippen LogP contribution in [-0.4, -0.2) is 49.6 Å². The molecule has 0 saturated carbocycles. The number of amides is 3. The SMILES string of the molecule is Cc1cccc(C(=O)NC(C(=O)NNC(=O)c2ccc(S(=O)(=O)N3CCCC3)cc2)C(C)C)c1. The Bertz CT molecular complexity index is 1160. The molecule has 1 fully saturated rings. The summed E-state index contributed by atoms with van der Waals surface area (Å²) in [5.41, 5.74) is 6.20. The molecule has 182 valence electrons. The van der Waals surface area contributed by atoms with Gasteiger partial charge in [-0.15, -0.1) is 0 Å². The van der Waals surface area contributed by atoms with Gasteiger partial charge < -0.3 is 5.32 Å². The fraction of sp³-hybridized carbons (Fsp3) is 0.375. The van der Waals surface area contributed by atoms with Crippen molar-refractivity contribution in [3.63, 3.8) is 0 Å². The number of hydrogen-bond donors (Lipinski definition) is 3. The molecule has 0 aliphatic carbocycles. The van der Waals surface area contributed by atoms with Gasteiger partial charge in [0.2, 0.25) is 10.0 Å². The van der Waals surface area contributed by atoms with Crippen LogP contribution in [0.3, 0.4) is 0 Å². The maximum absolute atomic E-state index is 12.7. The van der Waals surface area contributed by atoms with Crippen LogP contribution in [0.5, 0.6) is 0 Å². The minimum absolute atomic E-state index is 0.119. The predicted octanol–water partition coefficient (Wildman–Crippen LogP) is 2.00. The minimum Gasteiger partial charge on any atom is -0.340 e. The van der Waals surface area contributed by atoms with Crippen molar-refractivity contribution < 1.29 is 22.8 Å². The summed E-state index contributed by atoms with van der Waals surface area (Å²) in [5, 5.41) is 2.70. The van der Waals surface area contributed by atoms with Crippen molar-refractivity contribution in [2.45, 2.75) is 44.6 Å². The lowest BCUT2D eigenvalue weighted by atomic mass is 10.0. The average Bonchev–Trinajstić information content (AvgIpc) is 3.36. The number of carbonyl (C=O) groups is 3. The largest absolute Gasteiger partial charge is 0.340 e. The lowest BCUT2D eigenvalue weighted by Gasteiger charge is -2.22. The minimum atomic E-state index is -3.57. The molecule has 34 heavy (non-hydrogen) atoms. The van der Waals surface area contributed by atoms with E-state index in [1.54, 1.807) is 32.0 Å². The summed E-state index contributed by atoms with van der Waals surface area (Å²) in [7, 11) is -3.57. The Balaban J connectivity index is 1.60. The Morgan fingerprint density at radius 1 is 0.882 bits per heavy atom. The first-order chi connectivity index (χ1) is 16.1. The molecule has 1 heterocycles. The highest BCUT2D eigenvalue weighted by molar-refractivity contribution is 7.89. The van der Waals surface area contributed by atoms with Gasteiger partial charge in [-0.2, -0.15) is 4.31 Å². The van der Waals surface area contributed by atoms with Crippen LogP contribution in [0, 0.1) is 12.8 Å². The van der Waals surface area contributed by atoms with Crippen molar-refractivity contribution in [2.24, 2.45) is 5.92 Å². The topological polar surface area (TPSA) is 125 Å². The highest BCUT2D eigenvalue weighted by atomic mass is 32.2. The highest BCUT2D eigenvalue weighted by Gasteiger charge is 2.28. The number of nitrogens with one attached hydrogen (secondary N) is 3. The number of aryl methyl sites for hydroxylation is 1. The molecule has 1 aliphatic rings. The van der Waals surface area contributed by atoms with Crippen LogP contribution in [0.2, 0.25) is 0 Å². The highest BCUT2D eigenvalue weighted by Crippen LogP contribution is 2.21. The second kappa shape index (κ2) is 10.8. The third-order valence-corrected chi connectivity index (χ3v) is 7.55. The summed E-state index contributed by atoms with van der Waals surface area (Å²) in [6.07, 6.45) is 1.67. The van der Waals surface area contributed by atoms with Crippen LogP contribution in [-0.2, 0) is 14.8 Å². The molecule has 1 aliphatic heterocycles. The standard InChI is InChI=1S/C24H30N4O5S/c1-16(2)21(25-22(29)19-8-6-7-17(3)15-19)24(31)27-26-23(30)18-9-11-20(12-10-18)34(32,33)28-13-4-5-14-28/h6-12,15-16,21H,4-5,13-14H2,1-3H3,(H,25,29)(H,26,30)(H,27,31). The van der Waals surface area contributed by atoms with Crippen LogP contribution in [0.25, 0.3) is 0 Å². The number of nitrogens with zero attached hydrogens (tertiary/aromatic N) is 1. The van der Waals surface area contributed by atoms with E-state index in [0.717, 1.165) is 18.4 Å². The van der Waals surface area contributed by atoms with Crippen LogP contribution >= 0.6 is 0 Å². The van der Waals surface area contributed by atoms with E-state index in [4.69, 9.17) is 0 Å². The maximum atomic E-state index is 12.7.